The molecule has 0 N–H and O–H groups in total. The van der Waals surface area contributed by atoms with Gasteiger partial charge in [0, 0.05) is 49.5 Å². The van der Waals surface area contributed by atoms with Crippen LogP contribution in [0.3, 0.4) is 0 Å². The quantitative estimate of drug-likeness (QED) is 0.150. The molecule has 0 aliphatic rings. The Morgan fingerprint density at radius 3 is 1.43 bits per heavy atom. The van der Waals surface area contributed by atoms with Gasteiger partial charge in [0.1, 0.15) is 11.2 Å². The van der Waals surface area contributed by atoms with Crippen molar-refractivity contribution < 1.29 is 4.42 Å². The van der Waals surface area contributed by atoms with Crippen LogP contribution < -0.4 is 0 Å². The Morgan fingerprint density at radius 2 is 0.786 bits per heavy atom. The van der Waals surface area contributed by atoms with E-state index in [4.69, 9.17) is 14.4 Å². The monoisotopic (exact) mass is 891 g/mol. The van der Waals surface area contributed by atoms with Crippen LogP contribution in [-0.4, -0.2) is 14.5 Å². The van der Waals surface area contributed by atoms with Gasteiger partial charge in [-0.2, -0.15) is 0 Å². The normalized spacial score (nSPS) is 11.7. The van der Waals surface area contributed by atoms with E-state index in [2.05, 4.69) is 223 Å². The summed E-state index contributed by atoms with van der Waals surface area (Å²) in [5.74, 6) is 0.697. The highest BCUT2D eigenvalue weighted by Crippen LogP contribution is 2.39. The van der Waals surface area contributed by atoms with Crippen molar-refractivity contribution in [3.05, 3.63) is 249 Å². The van der Waals surface area contributed by atoms with Gasteiger partial charge in [-0.1, -0.05) is 200 Å². The molecular formula is C66H41N3O. The van der Waals surface area contributed by atoms with Crippen LogP contribution in [0.2, 0.25) is 0 Å². The molecule has 0 amide bonds. The third-order valence-electron chi connectivity index (χ3n) is 14.0. The summed E-state index contributed by atoms with van der Waals surface area (Å²) in [6, 6.07) is 88.7. The highest BCUT2D eigenvalue weighted by atomic mass is 16.3. The molecule has 0 unspecified atom stereocenters. The smallest absolute Gasteiger partial charge is 0.160 e. The maximum atomic E-state index is 6.39. The fourth-order valence-corrected chi connectivity index (χ4v) is 10.5. The van der Waals surface area contributed by atoms with E-state index in [1.165, 1.54) is 48.9 Å². The standard InChI is InChI=1S/C66H41N3O/c1-2-11-47(12-3-1)66-67-60(45-25-21-42(22-26-45)43-31-35-52(36-32-43)69-62-18-7-4-13-56(62)57-14-5-8-19-63(57)69)41-61(68-66)46-27-23-44(24-28-46)48-33-37-53-49(39-48)29-30-50-40-51(34-38-54(50)53)55-16-10-17-59-58-15-6-9-20-64(58)70-65(55)59/h1-41H. The molecule has 11 aromatic carbocycles. The van der Waals surface area contributed by atoms with Gasteiger partial charge in [-0.3, -0.25) is 0 Å². The number of aromatic nitrogens is 3. The number of hydrogen-bond donors (Lipinski definition) is 0. The molecule has 0 aliphatic carbocycles. The van der Waals surface area contributed by atoms with Crippen molar-refractivity contribution in [3.63, 3.8) is 0 Å². The van der Waals surface area contributed by atoms with Gasteiger partial charge < -0.3 is 8.98 Å². The van der Waals surface area contributed by atoms with E-state index in [0.29, 0.717) is 5.82 Å². The minimum Gasteiger partial charge on any atom is -0.455 e. The topological polar surface area (TPSA) is 43.9 Å². The van der Waals surface area contributed by atoms with E-state index in [0.717, 1.165) is 83.5 Å². The minimum atomic E-state index is 0.697. The summed E-state index contributed by atoms with van der Waals surface area (Å²) in [7, 11) is 0. The molecule has 14 aromatic rings. The summed E-state index contributed by atoms with van der Waals surface area (Å²) in [6.45, 7) is 0. The van der Waals surface area contributed by atoms with Gasteiger partial charge in [0.05, 0.1) is 22.4 Å². The van der Waals surface area contributed by atoms with Crippen molar-refractivity contribution in [2.75, 3.05) is 0 Å². The van der Waals surface area contributed by atoms with E-state index in [9.17, 15) is 0 Å². The Labute approximate surface area is 404 Å². The molecule has 3 heterocycles. The number of nitrogens with zero attached hydrogens (tertiary/aromatic N) is 3. The van der Waals surface area contributed by atoms with E-state index in [1.54, 1.807) is 0 Å². The van der Waals surface area contributed by atoms with Crippen molar-refractivity contribution in [2.45, 2.75) is 0 Å². The fraction of sp³-hybridized carbons (Fsp3) is 0. The lowest BCUT2D eigenvalue weighted by atomic mass is 9.94. The molecule has 0 aliphatic heterocycles. The number of furan rings is 1. The zero-order chi connectivity index (χ0) is 46.1. The highest BCUT2D eigenvalue weighted by molar-refractivity contribution is 6.13. The summed E-state index contributed by atoms with van der Waals surface area (Å²) in [5.41, 5.74) is 17.1. The van der Waals surface area contributed by atoms with Gasteiger partial charge in [0.15, 0.2) is 5.82 Å². The first-order valence-electron chi connectivity index (χ1n) is 23.8. The molecule has 0 atom stereocenters. The van der Waals surface area contributed by atoms with Crippen molar-refractivity contribution in [1.82, 2.24) is 14.5 Å². The molecule has 0 radical (unpaired) electrons. The Balaban J connectivity index is 0.752. The van der Waals surface area contributed by atoms with Crippen LogP contribution in [0.15, 0.2) is 253 Å². The molecule has 0 saturated heterocycles. The number of benzene rings is 11. The number of rotatable bonds is 7. The molecular weight excluding hydrogens is 851 g/mol. The SMILES string of the molecule is c1ccc(-c2nc(-c3ccc(-c4ccc(-n5c6ccccc6c6ccccc65)cc4)cc3)cc(-c3ccc(-c4ccc5c(ccc6cc(-c7cccc8c7oc7ccccc78)ccc65)c4)cc3)n2)cc1. The fourth-order valence-electron chi connectivity index (χ4n) is 10.5. The number of para-hydroxylation sites is 4. The second-order valence-electron chi connectivity index (χ2n) is 18.1. The first-order chi connectivity index (χ1) is 34.7. The van der Waals surface area contributed by atoms with Gasteiger partial charge in [-0.15, -0.1) is 0 Å². The van der Waals surface area contributed by atoms with Crippen LogP contribution in [0, 0.1) is 0 Å². The highest BCUT2D eigenvalue weighted by Gasteiger charge is 2.16. The third-order valence-corrected chi connectivity index (χ3v) is 14.0. The Kier molecular flexibility index (Phi) is 9.17. The molecule has 0 fully saturated rings. The maximum Gasteiger partial charge on any atom is 0.160 e. The molecule has 0 bridgehead atoms. The average Bonchev–Trinajstić information content (AvgIpc) is 3.99. The number of hydrogen-bond acceptors (Lipinski definition) is 3. The van der Waals surface area contributed by atoms with Crippen LogP contribution in [0.25, 0.3) is 138 Å². The predicted octanol–water partition coefficient (Wildman–Crippen LogP) is 17.8. The number of fused-ring (bicyclic) bond motifs is 9. The van der Waals surface area contributed by atoms with Crippen molar-refractivity contribution >= 4 is 65.3 Å². The van der Waals surface area contributed by atoms with Crippen LogP contribution >= 0.6 is 0 Å². The van der Waals surface area contributed by atoms with Gasteiger partial charge in [0.25, 0.3) is 0 Å². The Morgan fingerprint density at radius 1 is 0.300 bits per heavy atom. The first kappa shape index (κ1) is 39.8. The second-order valence-corrected chi connectivity index (χ2v) is 18.1. The second kappa shape index (κ2) is 16.2. The zero-order valence-corrected chi connectivity index (χ0v) is 37.9. The zero-order valence-electron chi connectivity index (χ0n) is 37.9. The minimum absolute atomic E-state index is 0.697. The molecule has 4 heteroatoms. The largest absolute Gasteiger partial charge is 0.455 e. The lowest BCUT2D eigenvalue weighted by molar-refractivity contribution is 0.670. The van der Waals surface area contributed by atoms with Gasteiger partial charge in [-0.05, 0) is 97.9 Å². The molecule has 4 nitrogen and oxygen atoms in total. The van der Waals surface area contributed by atoms with Gasteiger partial charge >= 0.3 is 0 Å². The summed E-state index contributed by atoms with van der Waals surface area (Å²) < 4.78 is 8.75. The summed E-state index contributed by atoms with van der Waals surface area (Å²) in [4.78, 5) is 10.3. The van der Waals surface area contributed by atoms with Crippen LogP contribution in [0.5, 0.6) is 0 Å². The molecule has 0 saturated carbocycles. The lowest BCUT2D eigenvalue weighted by Gasteiger charge is -2.12. The van der Waals surface area contributed by atoms with E-state index in [-0.39, 0.29) is 0 Å². The molecule has 70 heavy (non-hydrogen) atoms. The lowest BCUT2D eigenvalue weighted by Crippen LogP contribution is -1.96. The van der Waals surface area contributed by atoms with E-state index >= 15 is 0 Å². The van der Waals surface area contributed by atoms with E-state index in [1.807, 2.05) is 30.3 Å². The maximum absolute atomic E-state index is 6.39. The Bertz CT molecular complexity index is 4270. The van der Waals surface area contributed by atoms with Crippen LogP contribution in [-0.2, 0) is 0 Å². The van der Waals surface area contributed by atoms with Crippen LogP contribution in [0.1, 0.15) is 0 Å². The van der Waals surface area contributed by atoms with Crippen molar-refractivity contribution in [3.8, 4) is 73.0 Å². The predicted molar refractivity (Wildman–Crippen MR) is 291 cm³/mol. The Hall–Kier alpha value is -9.38. The average molecular weight is 892 g/mol. The van der Waals surface area contributed by atoms with Gasteiger partial charge in [-0.25, -0.2) is 9.97 Å². The van der Waals surface area contributed by atoms with Crippen molar-refractivity contribution in [2.24, 2.45) is 0 Å². The molecule has 0 spiro atoms. The third kappa shape index (κ3) is 6.69. The molecule has 326 valence electrons. The summed E-state index contributed by atoms with van der Waals surface area (Å²) >= 11 is 0. The molecule has 14 rings (SSSR count). The molecule has 3 aromatic heterocycles. The van der Waals surface area contributed by atoms with Gasteiger partial charge in [0.2, 0.25) is 0 Å². The van der Waals surface area contributed by atoms with E-state index < -0.39 is 0 Å². The summed E-state index contributed by atoms with van der Waals surface area (Å²) in [6.07, 6.45) is 0. The van der Waals surface area contributed by atoms with Crippen molar-refractivity contribution in [1.29, 1.82) is 0 Å². The summed E-state index contributed by atoms with van der Waals surface area (Å²) in [5, 5.41) is 9.68. The van der Waals surface area contributed by atoms with Crippen LogP contribution in [0.4, 0.5) is 0 Å². The first-order valence-corrected chi connectivity index (χ1v) is 23.8.